The highest BCUT2D eigenvalue weighted by atomic mass is 35.5. The number of nitrogens with one attached hydrogen (secondary N) is 1. The normalized spacial score (nSPS) is 11.8. The molecule has 0 aromatic heterocycles. The molecule has 144 valence electrons. The van der Waals surface area contributed by atoms with E-state index in [0.29, 0.717) is 23.7 Å². The summed E-state index contributed by atoms with van der Waals surface area (Å²) in [6.45, 7) is 0.530. The first kappa shape index (κ1) is 20.4. The minimum absolute atomic E-state index is 0.0120. The molecule has 0 radical (unpaired) electrons. The summed E-state index contributed by atoms with van der Waals surface area (Å²) in [5, 5.41) is 3.69. The molecule has 1 atom stereocenters. The van der Waals surface area contributed by atoms with Gasteiger partial charge in [0.25, 0.3) is 0 Å². The summed E-state index contributed by atoms with van der Waals surface area (Å²) in [5.41, 5.74) is 3.26. The molecular weight excluding hydrogens is 393 g/mol. The maximum atomic E-state index is 12.9. The van der Waals surface area contributed by atoms with Gasteiger partial charge in [0.2, 0.25) is 5.91 Å². The van der Waals surface area contributed by atoms with Gasteiger partial charge in [-0.25, -0.2) is 4.39 Å². The molecule has 5 heteroatoms. The molecule has 0 unspecified atom stereocenters. The molecule has 2 nitrogen and oxygen atoms in total. The zero-order valence-electron chi connectivity index (χ0n) is 15.3. The third-order valence-corrected chi connectivity index (χ3v) is 5.86. The Labute approximate surface area is 174 Å². The summed E-state index contributed by atoms with van der Waals surface area (Å²) >= 11 is 7.60. The van der Waals surface area contributed by atoms with Crippen LogP contribution in [0.3, 0.4) is 0 Å². The van der Waals surface area contributed by atoms with Gasteiger partial charge in [-0.2, -0.15) is 0 Å². The monoisotopic (exact) mass is 413 g/mol. The smallest absolute Gasteiger partial charge is 0.230 e. The molecular formula is C23H21ClFNOS. The van der Waals surface area contributed by atoms with Gasteiger partial charge in [0.15, 0.2) is 0 Å². The van der Waals surface area contributed by atoms with Gasteiger partial charge in [0.1, 0.15) is 5.82 Å². The Morgan fingerprint density at radius 3 is 2.25 bits per heavy atom. The molecule has 28 heavy (non-hydrogen) atoms. The standard InChI is InChI=1S/C23H21ClFNOS/c24-20-10-8-19(9-11-20)23(18-4-2-1-3-5-18)28-16-22(27)26-15-14-17-6-12-21(25)13-7-17/h1-13,23H,14-16H2,(H,26,27)/t23-/m0/s1. The number of carbonyl (C=O) groups is 1. The molecule has 3 rings (SSSR count). The van der Waals surface area contributed by atoms with E-state index in [1.807, 2.05) is 42.5 Å². The van der Waals surface area contributed by atoms with E-state index in [0.717, 1.165) is 16.7 Å². The van der Waals surface area contributed by atoms with Crippen molar-refractivity contribution in [3.63, 3.8) is 0 Å². The Hall–Kier alpha value is -2.30. The fraction of sp³-hybridized carbons (Fsp3) is 0.174. The molecule has 0 fully saturated rings. The average Bonchev–Trinajstić information content (AvgIpc) is 2.72. The highest BCUT2D eigenvalue weighted by molar-refractivity contribution is 8.00. The molecule has 0 bridgehead atoms. The highest BCUT2D eigenvalue weighted by Gasteiger charge is 2.16. The average molecular weight is 414 g/mol. The fourth-order valence-corrected chi connectivity index (χ4v) is 4.10. The molecule has 3 aromatic rings. The number of hydrogen-bond donors (Lipinski definition) is 1. The van der Waals surface area contributed by atoms with Gasteiger partial charge in [-0.05, 0) is 47.4 Å². The van der Waals surface area contributed by atoms with Crippen molar-refractivity contribution in [3.8, 4) is 0 Å². The van der Waals surface area contributed by atoms with Crippen LogP contribution < -0.4 is 5.32 Å². The van der Waals surface area contributed by atoms with Gasteiger partial charge < -0.3 is 5.32 Å². The number of carbonyl (C=O) groups excluding carboxylic acids is 1. The largest absolute Gasteiger partial charge is 0.355 e. The third-order valence-electron chi connectivity index (χ3n) is 4.31. The molecule has 1 amide bonds. The molecule has 0 heterocycles. The van der Waals surface area contributed by atoms with Crippen LogP contribution in [0.2, 0.25) is 5.02 Å². The zero-order chi connectivity index (χ0) is 19.8. The highest BCUT2D eigenvalue weighted by Crippen LogP contribution is 2.35. The van der Waals surface area contributed by atoms with Crippen molar-refractivity contribution in [1.82, 2.24) is 5.32 Å². The molecule has 0 spiro atoms. The van der Waals surface area contributed by atoms with Crippen LogP contribution in [0.4, 0.5) is 4.39 Å². The van der Waals surface area contributed by atoms with Crippen LogP contribution >= 0.6 is 23.4 Å². The molecule has 0 saturated heterocycles. The Bertz CT molecular complexity index is 885. The van der Waals surface area contributed by atoms with E-state index in [1.54, 1.807) is 23.9 Å². The second-order valence-electron chi connectivity index (χ2n) is 6.38. The third kappa shape index (κ3) is 6.11. The van der Waals surface area contributed by atoms with Crippen LogP contribution in [0.25, 0.3) is 0 Å². The second-order valence-corrected chi connectivity index (χ2v) is 7.91. The van der Waals surface area contributed by atoms with Gasteiger partial charge in [0.05, 0.1) is 11.0 Å². The van der Waals surface area contributed by atoms with Gasteiger partial charge in [-0.1, -0.05) is 66.2 Å². The molecule has 1 N–H and O–H groups in total. The summed E-state index contributed by atoms with van der Waals surface area (Å²) in [6.07, 6.45) is 0.677. The van der Waals surface area contributed by atoms with Crippen LogP contribution in [-0.2, 0) is 11.2 Å². The van der Waals surface area contributed by atoms with Crippen molar-refractivity contribution in [1.29, 1.82) is 0 Å². The Kier molecular flexibility index (Phi) is 7.52. The maximum absolute atomic E-state index is 12.9. The lowest BCUT2D eigenvalue weighted by Crippen LogP contribution is -2.27. The fourth-order valence-electron chi connectivity index (χ4n) is 2.86. The minimum atomic E-state index is -0.252. The van der Waals surface area contributed by atoms with Crippen molar-refractivity contribution in [2.24, 2.45) is 0 Å². The number of halogens is 2. The Morgan fingerprint density at radius 1 is 0.929 bits per heavy atom. The summed E-state index contributed by atoms with van der Waals surface area (Å²) in [6, 6.07) is 24.2. The molecule has 3 aromatic carbocycles. The first-order valence-corrected chi connectivity index (χ1v) is 10.5. The van der Waals surface area contributed by atoms with Crippen LogP contribution in [0, 0.1) is 5.82 Å². The first-order chi connectivity index (χ1) is 13.6. The maximum Gasteiger partial charge on any atom is 0.230 e. The van der Waals surface area contributed by atoms with Crippen molar-refractivity contribution < 1.29 is 9.18 Å². The van der Waals surface area contributed by atoms with E-state index in [2.05, 4.69) is 17.4 Å². The predicted octanol–water partition coefficient (Wildman–Crippen LogP) is 5.66. The van der Waals surface area contributed by atoms with Crippen molar-refractivity contribution in [2.45, 2.75) is 11.7 Å². The van der Waals surface area contributed by atoms with E-state index in [1.165, 1.54) is 12.1 Å². The van der Waals surface area contributed by atoms with Gasteiger partial charge >= 0.3 is 0 Å². The summed E-state index contributed by atoms with van der Waals surface area (Å²) in [5.74, 6) is 0.0892. The van der Waals surface area contributed by atoms with Gasteiger partial charge in [-0.15, -0.1) is 11.8 Å². The van der Waals surface area contributed by atoms with Crippen molar-refractivity contribution in [2.75, 3.05) is 12.3 Å². The van der Waals surface area contributed by atoms with E-state index < -0.39 is 0 Å². The van der Waals surface area contributed by atoms with E-state index >= 15 is 0 Å². The van der Waals surface area contributed by atoms with Crippen LogP contribution in [0.5, 0.6) is 0 Å². The van der Waals surface area contributed by atoms with Gasteiger partial charge in [0, 0.05) is 11.6 Å². The Balaban J connectivity index is 1.56. The summed E-state index contributed by atoms with van der Waals surface area (Å²) in [7, 11) is 0. The van der Waals surface area contributed by atoms with Crippen molar-refractivity contribution >= 4 is 29.3 Å². The molecule has 0 saturated carbocycles. The number of hydrogen-bond acceptors (Lipinski definition) is 2. The SMILES string of the molecule is O=C(CS[C@@H](c1ccccc1)c1ccc(Cl)cc1)NCCc1ccc(F)cc1. The van der Waals surface area contributed by atoms with Crippen LogP contribution in [-0.4, -0.2) is 18.2 Å². The second kappa shape index (κ2) is 10.3. The minimum Gasteiger partial charge on any atom is -0.355 e. The molecule has 0 aliphatic heterocycles. The van der Waals surface area contributed by atoms with E-state index in [9.17, 15) is 9.18 Å². The number of amides is 1. The quantitative estimate of drug-likeness (QED) is 0.516. The Morgan fingerprint density at radius 2 is 1.57 bits per heavy atom. The van der Waals surface area contributed by atoms with E-state index in [4.69, 9.17) is 11.6 Å². The summed E-state index contributed by atoms with van der Waals surface area (Å²) in [4.78, 5) is 12.3. The van der Waals surface area contributed by atoms with Crippen molar-refractivity contribution in [3.05, 3.63) is 106 Å². The lowest BCUT2D eigenvalue weighted by atomic mass is 10.0. The van der Waals surface area contributed by atoms with Crippen LogP contribution in [0.1, 0.15) is 21.9 Å². The topological polar surface area (TPSA) is 29.1 Å². The lowest BCUT2D eigenvalue weighted by molar-refractivity contribution is -0.118. The first-order valence-electron chi connectivity index (χ1n) is 9.05. The summed E-state index contributed by atoms with van der Waals surface area (Å²) < 4.78 is 12.9. The predicted molar refractivity (Wildman–Crippen MR) is 115 cm³/mol. The van der Waals surface area contributed by atoms with Crippen LogP contribution in [0.15, 0.2) is 78.9 Å². The van der Waals surface area contributed by atoms with E-state index in [-0.39, 0.29) is 17.0 Å². The van der Waals surface area contributed by atoms with Gasteiger partial charge in [-0.3, -0.25) is 4.79 Å². The molecule has 0 aliphatic rings. The molecule has 0 aliphatic carbocycles. The number of thioether (sulfide) groups is 1. The number of rotatable bonds is 8. The lowest BCUT2D eigenvalue weighted by Gasteiger charge is -2.18. The zero-order valence-corrected chi connectivity index (χ0v) is 16.8. The number of benzene rings is 3.